The Labute approximate surface area is 132 Å². The number of para-hydroxylation sites is 1. The molecule has 1 aromatic rings. The minimum Gasteiger partial charge on any atom is -0.330 e. The monoisotopic (exact) mass is 326 g/mol. The Bertz CT molecular complexity index is 587. The van der Waals surface area contributed by atoms with Crippen LogP contribution in [0.3, 0.4) is 0 Å². The van der Waals surface area contributed by atoms with Gasteiger partial charge >= 0.3 is 6.18 Å². The molecule has 2 rings (SSSR count). The number of hydrogen-bond acceptors (Lipinski definition) is 2. The SMILES string of the molecule is C=CCN(CC(F)(F)F)C(=O)C1CC(=O)N(c2ccccc2)C1. The minimum absolute atomic E-state index is 0.0841. The van der Waals surface area contributed by atoms with Crippen molar-refractivity contribution in [2.45, 2.75) is 12.6 Å². The topological polar surface area (TPSA) is 40.6 Å². The number of anilines is 1. The van der Waals surface area contributed by atoms with E-state index in [0.29, 0.717) is 10.6 Å². The first kappa shape index (κ1) is 17.1. The van der Waals surface area contributed by atoms with Gasteiger partial charge in [0, 0.05) is 25.2 Å². The molecule has 23 heavy (non-hydrogen) atoms. The van der Waals surface area contributed by atoms with Gasteiger partial charge in [0.15, 0.2) is 0 Å². The second kappa shape index (κ2) is 6.85. The number of carbonyl (C=O) groups excluding carboxylic acids is 2. The molecule has 0 spiro atoms. The fraction of sp³-hybridized carbons (Fsp3) is 0.375. The van der Waals surface area contributed by atoms with Crippen LogP contribution in [0.4, 0.5) is 18.9 Å². The van der Waals surface area contributed by atoms with Gasteiger partial charge in [-0.25, -0.2) is 0 Å². The molecule has 1 aliphatic rings. The summed E-state index contributed by atoms with van der Waals surface area (Å²) in [6, 6.07) is 8.75. The molecule has 1 heterocycles. The summed E-state index contributed by atoms with van der Waals surface area (Å²) < 4.78 is 37.8. The van der Waals surface area contributed by atoms with Crippen LogP contribution in [0.1, 0.15) is 6.42 Å². The van der Waals surface area contributed by atoms with Crippen LogP contribution in [-0.2, 0) is 9.59 Å². The van der Waals surface area contributed by atoms with Crippen LogP contribution >= 0.6 is 0 Å². The van der Waals surface area contributed by atoms with Gasteiger partial charge in [-0.2, -0.15) is 13.2 Å². The second-order valence-corrected chi connectivity index (χ2v) is 5.36. The molecule has 1 fully saturated rings. The molecule has 7 heteroatoms. The highest BCUT2D eigenvalue weighted by atomic mass is 19.4. The molecule has 1 unspecified atom stereocenters. The summed E-state index contributed by atoms with van der Waals surface area (Å²) in [5.74, 6) is -1.71. The normalized spacial score (nSPS) is 18.1. The van der Waals surface area contributed by atoms with Crippen molar-refractivity contribution in [3.63, 3.8) is 0 Å². The molecule has 2 amide bonds. The number of alkyl halides is 3. The summed E-state index contributed by atoms with van der Waals surface area (Å²) >= 11 is 0. The maximum absolute atomic E-state index is 12.6. The second-order valence-electron chi connectivity index (χ2n) is 5.36. The fourth-order valence-electron chi connectivity index (χ4n) is 2.59. The third-order valence-electron chi connectivity index (χ3n) is 3.57. The van der Waals surface area contributed by atoms with E-state index in [1.807, 2.05) is 0 Å². The van der Waals surface area contributed by atoms with E-state index in [4.69, 9.17) is 0 Å². The van der Waals surface area contributed by atoms with Crippen molar-refractivity contribution in [2.24, 2.45) is 5.92 Å². The number of hydrogen-bond donors (Lipinski definition) is 0. The molecular formula is C16H17F3N2O2. The molecular weight excluding hydrogens is 309 g/mol. The van der Waals surface area contributed by atoms with Gasteiger partial charge in [-0.15, -0.1) is 6.58 Å². The lowest BCUT2D eigenvalue weighted by molar-refractivity contribution is -0.162. The first-order valence-electron chi connectivity index (χ1n) is 7.13. The van der Waals surface area contributed by atoms with Crippen molar-refractivity contribution in [1.29, 1.82) is 0 Å². The Morgan fingerprint density at radius 3 is 2.57 bits per heavy atom. The van der Waals surface area contributed by atoms with Gasteiger partial charge in [0.1, 0.15) is 6.54 Å². The van der Waals surface area contributed by atoms with E-state index in [0.717, 1.165) is 0 Å². The van der Waals surface area contributed by atoms with E-state index >= 15 is 0 Å². The summed E-state index contributed by atoms with van der Waals surface area (Å²) in [4.78, 5) is 26.5. The zero-order chi connectivity index (χ0) is 17.0. The molecule has 4 nitrogen and oxygen atoms in total. The average Bonchev–Trinajstić information content (AvgIpc) is 2.87. The van der Waals surface area contributed by atoms with Crippen LogP contribution in [-0.4, -0.2) is 42.5 Å². The number of halogens is 3. The van der Waals surface area contributed by atoms with Gasteiger partial charge in [-0.1, -0.05) is 24.3 Å². The van der Waals surface area contributed by atoms with Gasteiger partial charge in [0.25, 0.3) is 0 Å². The highest BCUT2D eigenvalue weighted by Gasteiger charge is 2.40. The lowest BCUT2D eigenvalue weighted by atomic mass is 10.1. The fourth-order valence-corrected chi connectivity index (χ4v) is 2.59. The highest BCUT2D eigenvalue weighted by molar-refractivity contribution is 6.00. The summed E-state index contributed by atoms with van der Waals surface area (Å²) in [5.41, 5.74) is 0.638. The van der Waals surface area contributed by atoms with Crippen molar-refractivity contribution in [1.82, 2.24) is 4.90 Å². The standard InChI is InChI=1S/C16H17F3N2O2/c1-2-8-20(11-16(17,18)19)15(23)12-9-14(22)21(10-12)13-6-4-3-5-7-13/h2-7,12H,1,8-11H2. The third-order valence-corrected chi connectivity index (χ3v) is 3.57. The van der Waals surface area contributed by atoms with Crippen molar-refractivity contribution < 1.29 is 22.8 Å². The van der Waals surface area contributed by atoms with Crippen LogP contribution in [0.25, 0.3) is 0 Å². The molecule has 1 aromatic carbocycles. The minimum atomic E-state index is -4.49. The zero-order valence-corrected chi connectivity index (χ0v) is 12.4. The van der Waals surface area contributed by atoms with Gasteiger partial charge < -0.3 is 9.80 Å². The summed E-state index contributed by atoms with van der Waals surface area (Å²) in [7, 11) is 0. The predicted molar refractivity (Wildman–Crippen MR) is 79.7 cm³/mol. The van der Waals surface area contributed by atoms with Gasteiger partial charge in [-0.05, 0) is 12.1 Å². The smallest absolute Gasteiger partial charge is 0.330 e. The van der Waals surface area contributed by atoms with E-state index in [9.17, 15) is 22.8 Å². The number of rotatable bonds is 5. The van der Waals surface area contributed by atoms with Crippen LogP contribution in [0, 0.1) is 5.92 Å². The lowest BCUT2D eigenvalue weighted by Gasteiger charge is -2.25. The Kier molecular flexibility index (Phi) is 5.08. The van der Waals surface area contributed by atoms with E-state index in [-0.39, 0.29) is 25.4 Å². The van der Waals surface area contributed by atoms with Crippen molar-refractivity contribution in [3.05, 3.63) is 43.0 Å². The molecule has 0 saturated carbocycles. The van der Waals surface area contributed by atoms with Crippen LogP contribution < -0.4 is 4.90 Å². The molecule has 0 bridgehead atoms. The van der Waals surface area contributed by atoms with E-state index in [2.05, 4.69) is 6.58 Å². The molecule has 0 aromatic heterocycles. The number of amides is 2. The average molecular weight is 326 g/mol. The summed E-state index contributed by atoms with van der Waals surface area (Å²) in [6.45, 7) is 1.93. The first-order valence-corrected chi connectivity index (χ1v) is 7.13. The summed E-state index contributed by atoms with van der Waals surface area (Å²) in [6.07, 6.45) is -3.32. The molecule has 0 aliphatic carbocycles. The van der Waals surface area contributed by atoms with Crippen LogP contribution in [0.15, 0.2) is 43.0 Å². The first-order chi connectivity index (χ1) is 10.8. The highest BCUT2D eigenvalue weighted by Crippen LogP contribution is 2.27. The summed E-state index contributed by atoms with van der Waals surface area (Å²) in [5, 5.41) is 0. The molecule has 0 N–H and O–H groups in total. The lowest BCUT2D eigenvalue weighted by Crippen LogP contribution is -2.43. The number of benzene rings is 1. The van der Waals surface area contributed by atoms with Crippen molar-refractivity contribution in [2.75, 3.05) is 24.5 Å². The molecule has 0 radical (unpaired) electrons. The third kappa shape index (κ3) is 4.34. The number of carbonyl (C=O) groups is 2. The number of nitrogens with zero attached hydrogens (tertiary/aromatic N) is 2. The molecule has 124 valence electrons. The quantitative estimate of drug-likeness (QED) is 0.781. The Balaban J connectivity index is 2.10. The van der Waals surface area contributed by atoms with E-state index in [1.165, 1.54) is 11.0 Å². The van der Waals surface area contributed by atoms with Gasteiger partial charge in [-0.3, -0.25) is 9.59 Å². The largest absolute Gasteiger partial charge is 0.406 e. The van der Waals surface area contributed by atoms with Gasteiger partial charge in [0.2, 0.25) is 11.8 Å². The van der Waals surface area contributed by atoms with Gasteiger partial charge in [0.05, 0.1) is 5.92 Å². The maximum atomic E-state index is 12.6. The Hall–Kier alpha value is -2.31. The van der Waals surface area contributed by atoms with E-state index < -0.39 is 24.5 Å². The molecule has 1 atom stereocenters. The van der Waals surface area contributed by atoms with Crippen LogP contribution in [0.5, 0.6) is 0 Å². The molecule has 1 saturated heterocycles. The Morgan fingerprint density at radius 1 is 1.35 bits per heavy atom. The van der Waals surface area contributed by atoms with Crippen molar-refractivity contribution >= 4 is 17.5 Å². The predicted octanol–water partition coefficient (Wildman–Crippen LogP) is 2.62. The van der Waals surface area contributed by atoms with Crippen molar-refractivity contribution in [3.8, 4) is 0 Å². The molecule has 1 aliphatic heterocycles. The van der Waals surface area contributed by atoms with Crippen LogP contribution in [0.2, 0.25) is 0 Å². The van der Waals surface area contributed by atoms with E-state index in [1.54, 1.807) is 30.3 Å². The zero-order valence-electron chi connectivity index (χ0n) is 12.4. The Morgan fingerprint density at radius 2 is 2.00 bits per heavy atom. The maximum Gasteiger partial charge on any atom is 0.406 e.